The number of para-hydroxylation sites is 1. The number of furan rings is 1. The molecular formula is C18H19N3O3. The molecule has 0 aliphatic carbocycles. The number of carbonyl (C=O) groups is 1. The highest BCUT2D eigenvalue weighted by Crippen LogP contribution is 2.22. The minimum atomic E-state index is -0.456. The summed E-state index contributed by atoms with van der Waals surface area (Å²) < 4.78 is 6.97. The van der Waals surface area contributed by atoms with Gasteiger partial charge in [-0.05, 0) is 37.6 Å². The number of aliphatic hydroxyl groups excluding tert-OH is 1. The highest BCUT2D eigenvalue weighted by atomic mass is 16.3. The molecule has 0 fully saturated rings. The highest BCUT2D eigenvalue weighted by molar-refractivity contribution is 5.94. The average molecular weight is 325 g/mol. The van der Waals surface area contributed by atoms with E-state index in [1.165, 1.54) is 0 Å². The molecule has 0 radical (unpaired) electrons. The summed E-state index contributed by atoms with van der Waals surface area (Å²) in [5, 5.41) is 16.6. The summed E-state index contributed by atoms with van der Waals surface area (Å²) in [4.78, 5) is 12.5. The molecule has 0 aliphatic heterocycles. The molecule has 1 unspecified atom stereocenters. The Morgan fingerprint density at radius 2 is 2.08 bits per heavy atom. The summed E-state index contributed by atoms with van der Waals surface area (Å²) in [6.07, 6.45) is 1.61. The number of amides is 1. The van der Waals surface area contributed by atoms with E-state index in [1.54, 1.807) is 36.1 Å². The standard InChI is InChI=1S/C18H19N3O3/c1-13(22)9-10-19-18(23)16-12-15(17-8-5-11-24-17)20-21(16)14-6-3-2-4-7-14/h2-8,11-13,22H,9-10H2,1H3,(H,19,23). The van der Waals surface area contributed by atoms with Crippen LogP contribution in [0.4, 0.5) is 0 Å². The number of hydrogen-bond acceptors (Lipinski definition) is 4. The van der Waals surface area contributed by atoms with E-state index in [9.17, 15) is 9.90 Å². The van der Waals surface area contributed by atoms with Gasteiger partial charge in [0.05, 0.1) is 18.1 Å². The zero-order valence-corrected chi connectivity index (χ0v) is 13.3. The van der Waals surface area contributed by atoms with Gasteiger partial charge in [0.15, 0.2) is 5.76 Å². The smallest absolute Gasteiger partial charge is 0.270 e. The van der Waals surface area contributed by atoms with Crippen molar-refractivity contribution in [2.24, 2.45) is 0 Å². The highest BCUT2D eigenvalue weighted by Gasteiger charge is 2.18. The van der Waals surface area contributed by atoms with Gasteiger partial charge >= 0.3 is 0 Å². The van der Waals surface area contributed by atoms with E-state index in [-0.39, 0.29) is 5.91 Å². The molecule has 0 saturated carbocycles. The molecule has 3 aromatic rings. The molecule has 6 nitrogen and oxygen atoms in total. The lowest BCUT2D eigenvalue weighted by Gasteiger charge is -2.09. The van der Waals surface area contributed by atoms with Gasteiger partial charge in [-0.15, -0.1) is 0 Å². The molecule has 6 heteroatoms. The van der Waals surface area contributed by atoms with E-state index in [0.29, 0.717) is 30.1 Å². The maximum Gasteiger partial charge on any atom is 0.270 e. The Bertz CT molecular complexity index is 792. The Balaban J connectivity index is 1.92. The van der Waals surface area contributed by atoms with Gasteiger partial charge in [-0.25, -0.2) is 4.68 Å². The zero-order chi connectivity index (χ0) is 16.9. The van der Waals surface area contributed by atoms with Gasteiger partial charge in [0, 0.05) is 12.6 Å². The molecule has 124 valence electrons. The van der Waals surface area contributed by atoms with Crippen molar-refractivity contribution >= 4 is 5.91 Å². The molecule has 3 rings (SSSR count). The van der Waals surface area contributed by atoms with Crippen LogP contribution < -0.4 is 5.32 Å². The summed E-state index contributed by atoms with van der Waals surface area (Å²) in [5.41, 5.74) is 1.79. The molecule has 1 aromatic carbocycles. The number of nitrogens with one attached hydrogen (secondary N) is 1. The van der Waals surface area contributed by atoms with Crippen LogP contribution in [0.3, 0.4) is 0 Å². The lowest BCUT2D eigenvalue weighted by Crippen LogP contribution is -2.28. The van der Waals surface area contributed by atoms with Crippen LogP contribution in [0.5, 0.6) is 0 Å². The van der Waals surface area contributed by atoms with Gasteiger partial charge < -0.3 is 14.8 Å². The number of nitrogens with zero attached hydrogens (tertiary/aromatic N) is 2. The second-order valence-corrected chi connectivity index (χ2v) is 5.53. The number of aromatic nitrogens is 2. The third-order valence-electron chi connectivity index (χ3n) is 3.56. The Kier molecular flexibility index (Phi) is 4.77. The van der Waals surface area contributed by atoms with Gasteiger partial charge in [0.1, 0.15) is 11.4 Å². The predicted molar refractivity (Wildman–Crippen MR) is 89.9 cm³/mol. The third kappa shape index (κ3) is 3.55. The quantitative estimate of drug-likeness (QED) is 0.730. The summed E-state index contributed by atoms with van der Waals surface area (Å²) in [6, 6.07) is 14.7. The van der Waals surface area contributed by atoms with Crippen LogP contribution in [0, 0.1) is 0 Å². The van der Waals surface area contributed by atoms with Crippen LogP contribution in [0.2, 0.25) is 0 Å². The van der Waals surface area contributed by atoms with Crippen molar-refractivity contribution in [3.05, 3.63) is 60.5 Å². The minimum absolute atomic E-state index is 0.246. The second-order valence-electron chi connectivity index (χ2n) is 5.53. The van der Waals surface area contributed by atoms with E-state index in [4.69, 9.17) is 4.42 Å². The Hall–Kier alpha value is -2.86. The lowest BCUT2D eigenvalue weighted by molar-refractivity contribution is 0.0938. The van der Waals surface area contributed by atoms with Gasteiger partial charge in [-0.2, -0.15) is 5.10 Å². The van der Waals surface area contributed by atoms with E-state index >= 15 is 0 Å². The summed E-state index contributed by atoms with van der Waals surface area (Å²) >= 11 is 0. The van der Waals surface area contributed by atoms with E-state index in [0.717, 1.165) is 5.69 Å². The van der Waals surface area contributed by atoms with Crippen LogP contribution in [-0.2, 0) is 0 Å². The third-order valence-corrected chi connectivity index (χ3v) is 3.56. The van der Waals surface area contributed by atoms with Crippen LogP contribution >= 0.6 is 0 Å². The molecular weight excluding hydrogens is 306 g/mol. The molecule has 2 N–H and O–H groups in total. The first-order chi connectivity index (χ1) is 11.6. The first-order valence-corrected chi connectivity index (χ1v) is 7.81. The normalized spacial score (nSPS) is 12.1. The SMILES string of the molecule is CC(O)CCNC(=O)c1cc(-c2ccco2)nn1-c1ccccc1. The molecule has 0 bridgehead atoms. The molecule has 2 aromatic heterocycles. The monoisotopic (exact) mass is 325 g/mol. The van der Waals surface area contributed by atoms with Crippen LogP contribution in [0.15, 0.2) is 59.2 Å². The molecule has 0 saturated heterocycles. The first-order valence-electron chi connectivity index (χ1n) is 7.81. The fourth-order valence-electron chi connectivity index (χ4n) is 2.34. The number of aliphatic hydroxyl groups is 1. The van der Waals surface area contributed by atoms with Crippen LogP contribution in [0.25, 0.3) is 17.1 Å². The van der Waals surface area contributed by atoms with Crippen molar-refractivity contribution in [3.8, 4) is 17.1 Å². The maximum absolute atomic E-state index is 12.5. The molecule has 1 amide bonds. The van der Waals surface area contributed by atoms with Crippen LogP contribution in [-0.4, -0.2) is 33.4 Å². The second kappa shape index (κ2) is 7.14. The summed E-state index contributed by atoms with van der Waals surface area (Å²) in [5.74, 6) is 0.354. The Morgan fingerprint density at radius 1 is 1.29 bits per heavy atom. The summed E-state index contributed by atoms with van der Waals surface area (Å²) in [7, 11) is 0. The number of rotatable bonds is 6. The molecule has 1 atom stereocenters. The van der Waals surface area contributed by atoms with Gasteiger partial charge in [-0.3, -0.25) is 4.79 Å². The van der Waals surface area contributed by atoms with Crippen molar-refractivity contribution in [1.82, 2.24) is 15.1 Å². The first kappa shape index (κ1) is 16.0. The predicted octanol–water partition coefficient (Wildman–Crippen LogP) is 2.63. The largest absolute Gasteiger partial charge is 0.463 e. The fourth-order valence-corrected chi connectivity index (χ4v) is 2.34. The van der Waals surface area contributed by atoms with Crippen molar-refractivity contribution in [1.29, 1.82) is 0 Å². The zero-order valence-electron chi connectivity index (χ0n) is 13.3. The topological polar surface area (TPSA) is 80.3 Å². The molecule has 24 heavy (non-hydrogen) atoms. The summed E-state index contributed by atoms with van der Waals surface area (Å²) in [6.45, 7) is 2.09. The number of carbonyl (C=O) groups excluding carboxylic acids is 1. The number of benzene rings is 1. The van der Waals surface area contributed by atoms with Gasteiger partial charge in [0.2, 0.25) is 0 Å². The molecule has 0 aliphatic rings. The van der Waals surface area contributed by atoms with Crippen LogP contribution in [0.1, 0.15) is 23.8 Å². The van der Waals surface area contributed by atoms with Crippen molar-refractivity contribution in [3.63, 3.8) is 0 Å². The molecule has 0 spiro atoms. The van der Waals surface area contributed by atoms with E-state index < -0.39 is 6.10 Å². The lowest BCUT2D eigenvalue weighted by atomic mass is 10.2. The van der Waals surface area contributed by atoms with E-state index in [1.807, 2.05) is 30.3 Å². The van der Waals surface area contributed by atoms with Gasteiger partial charge in [0.25, 0.3) is 5.91 Å². The van der Waals surface area contributed by atoms with Crippen molar-refractivity contribution in [2.75, 3.05) is 6.54 Å². The Labute approximate surface area is 139 Å². The van der Waals surface area contributed by atoms with Crippen molar-refractivity contribution < 1.29 is 14.3 Å². The Morgan fingerprint density at radius 3 is 2.75 bits per heavy atom. The molecule has 2 heterocycles. The fraction of sp³-hybridized carbons (Fsp3) is 0.222. The van der Waals surface area contributed by atoms with Crippen molar-refractivity contribution in [2.45, 2.75) is 19.4 Å². The minimum Gasteiger partial charge on any atom is -0.463 e. The van der Waals surface area contributed by atoms with Gasteiger partial charge in [-0.1, -0.05) is 18.2 Å². The number of hydrogen-bond donors (Lipinski definition) is 2. The van der Waals surface area contributed by atoms with E-state index in [2.05, 4.69) is 10.4 Å². The average Bonchev–Trinajstić information content (AvgIpc) is 3.24. The maximum atomic E-state index is 12.5.